The molecule has 1 aliphatic heterocycles. The third-order valence-electron chi connectivity index (χ3n) is 5.11. The van der Waals surface area contributed by atoms with Gasteiger partial charge in [-0.2, -0.15) is 0 Å². The zero-order chi connectivity index (χ0) is 17.2. The summed E-state index contributed by atoms with van der Waals surface area (Å²) in [5, 5.41) is 0. The van der Waals surface area contributed by atoms with Gasteiger partial charge in [0.15, 0.2) is 0 Å². The molecule has 0 amide bonds. The Labute approximate surface area is 143 Å². The fourth-order valence-corrected chi connectivity index (χ4v) is 9.96. The van der Waals surface area contributed by atoms with Crippen LogP contribution in [-0.2, 0) is 5.41 Å². The van der Waals surface area contributed by atoms with E-state index in [0.29, 0.717) is 0 Å². The molecule has 0 radical (unpaired) electrons. The molecule has 3 rings (SSSR count). The minimum absolute atomic E-state index is 0.168. The van der Waals surface area contributed by atoms with Crippen molar-refractivity contribution in [2.24, 2.45) is 0 Å². The first-order chi connectivity index (χ1) is 10.5. The summed E-state index contributed by atoms with van der Waals surface area (Å²) in [5.74, 6) is 7.26. The van der Waals surface area contributed by atoms with Gasteiger partial charge in [0, 0.05) is 0 Å². The molecule has 2 aromatic rings. The molecular formula is C21H28GeO. The summed E-state index contributed by atoms with van der Waals surface area (Å²) in [4.78, 5) is 0. The van der Waals surface area contributed by atoms with E-state index in [4.69, 9.17) is 4.74 Å². The second-order valence-corrected chi connectivity index (χ2v) is 17.7. The van der Waals surface area contributed by atoms with E-state index in [9.17, 15) is 0 Å². The number of ether oxygens (including phenoxy) is 1. The Morgan fingerprint density at radius 1 is 0.783 bits per heavy atom. The quantitative estimate of drug-likeness (QED) is 0.604. The molecule has 1 nitrogen and oxygen atoms in total. The van der Waals surface area contributed by atoms with Gasteiger partial charge in [0.2, 0.25) is 0 Å². The first-order valence-corrected chi connectivity index (χ1v) is 14.8. The van der Waals surface area contributed by atoms with Gasteiger partial charge in [0.05, 0.1) is 0 Å². The van der Waals surface area contributed by atoms with E-state index in [0.717, 1.165) is 11.5 Å². The van der Waals surface area contributed by atoms with Crippen LogP contribution in [0, 0.1) is 20.8 Å². The summed E-state index contributed by atoms with van der Waals surface area (Å²) in [6.07, 6.45) is 0. The molecule has 0 fully saturated rings. The maximum absolute atomic E-state index is 6.44. The average Bonchev–Trinajstić information content (AvgIpc) is 2.40. The van der Waals surface area contributed by atoms with E-state index < -0.39 is 13.3 Å². The molecule has 0 spiro atoms. The van der Waals surface area contributed by atoms with Crippen LogP contribution in [-0.4, -0.2) is 13.3 Å². The van der Waals surface area contributed by atoms with Gasteiger partial charge in [-0.3, -0.25) is 0 Å². The van der Waals surface area contributed by atoms with Crippen molar-refractivity contribution in [1.82, 2.24) is 0 Å². The number of hydrogen-bond acceptors (Lipinski definition) is 1. The van der Waals surface area contributed by atoms with Crippen molar-refractivity contribution in [2.75, 3.05) is 0 Å². The Morgan fingerprint density at radius 3 is 1.87 bits per heavy atom. The van der Waals surface area contributed by atoms with Gasteiger partial charge in [-0.15, -0.1) is 0 Å². The molecular weight excluding hydrogens is 341 g/mol. The summed E-state index contributed by atoms with van der Waals surface area (Å²) < 4.78 is 9.42. The molecule has 0 aliphatic carbocycles. The number of fused-ring (bicyclic) bond motifs is 2. The van der Waals surface area contributed by atoms with Gasteiger partial charge in [-0.25, -0.2) is 0 Å². The third kappa shape index (κ3) is 2.63. The zero-order valence-electron chi connectivity index (χ0n) is 15.7. The van der Waals surface area contributed by atoms with Crippen molar-refractivity contribution in [2.45, 2.75) is 58.5 Å². The molecule has 0 bridgehead atoms. The van der Waals surface area contributed by atoms with E-state index in [2.05, 4.69) is 77.3 Å². The number of aryl methyl sites for hydroxylation is 3. The van der Waals surface area contributed by atoms with Crippen LogP contribution in [0.5, 0.6) is 11.5 Å². The molecule has 0 aromatic heterocycles. The van der Waals surface area contributed by atoms with Crippen LogP contribution < -0.4 is 13.5 Å². The fourth-order valence-electron chi connectivity index (χ4n) is 3.61. The summed E-state index contributed by atoms with van der Waals surface area (Å²) in [6, 6.07) is 9.35. The number of benzene rings is 2. The summed E-state index contributed by atoms with van der Waals surface area (Å²) in [7, 11) is 0. The van der Waals surface area contributed by atoms with Gasteiger partial charge >= 0.3 is 143 Å². The van der Waals surface area contributed by atoms with Gasteiger partial charge in [-0.05, 0) is 0 Å². The molecule has 0 N–H and O–H groups in total. The van der Waals surface area contributed by atoms with Crippen LogP contribution in [0.1, 0.15) is 43.0 Å². The first kappa shape index (κ1) is 16.6. The van der Waals surface area contributed by atoms with E-state index in [1.54, 1.807) is 0 Å². The van der Waals surface area contributed by atoms with E-state index >= 15 is 0 Å². The van der Waals surface area contributed by atoms with E-state index in [-0.39, 0.29) is 5.41 Å². The monoisotopic (exact) mass is 370 g/mol. The van der Waals surface area contributed by atoms with Crippen molar-refractivity contribution in [1.29, 1.82) is 0 Å². The van der Waals surface area contributed by atoms with Gasteiger partial charge in [0.1, 0.15) is 0 Å². The fraction of sp³-hybridized carbons (Fsp3) is 0.429. The number of hydrogen-bond donors (Lipinski definition) is 0. The van der Waals surface area contributed by atoms with Crippen LogP contribution in [0.3, 0.4) is 0 Å². The Kier molecular flexibility index (Phi) is 3.72. The predicted molar refractivity (Wildman–Crippen MR) is 103 cm³/mol. The molecule has 1 heterocycles. The minimum atomic E-state index is -2.36. The predicted octanol–water partition coefficient (Wildman–Crippen LogP) is 4.84. The Bertz CT molecular complexity index is 794. The Morgan fingerprint density at radius 2 is 1.30 bits per heavy atom. The van der Waals surface area contributed by atoms with Crippen LogP contribution >= 0.6 is 0 Å². The van der Waals surface area contributed by atoms with Gasteiger partial charge < -0.3 is 0 Å². The molecule has 1 aliphatic rings. The zero-order valence-corrected chi connectivity index (χ0v) is 17.8. The van der Waals surface area contributed by atoms with Crippen LogP contribution in [0.4, 0.5) is 0 Å². The normalized spacial score (nSPS) is 15.7. The number of rotatable bonds is 0. The van der Waals surface area contributed by atoms with Crippen molar-refractivity contribution in [3.05, 3.63) is 46.5 Å². The molecule has 0 atom stereocenters. The molecule has 2 aromatic carbocycles. The first-order valence-electron chi connectivity index (χ1n) is 8.47. The molecule has 0 unspecified atom stereocenters. The van der Waals surface area contributed by atoms with E-state index in [1.807, 2.05) is 0 Å². The molecule has 2 heteroatoms. The SMILES string of the molecule is Cc1cc(C)c2[c](c1)[Ge]([CH3])([CH3])[c]1cc(C(C)(C)C)cc(C)c1O2. The summed E-state index contributed by atoms with van der Waals surface area (Å²) in [6.45, 7) is 13.4. The standard InChI is InChI=1S/C21H28GeO/c1-13-9-14(2)19-17(10-13)22(7,8)18-12-16(21(4,5)6)11-15(3)20(18)23-19/h9-12H,1-8H3. The second-order valence-electron chi connectivity index (χ2n) is 8.61. The van der Waals surface area contributed by atoms with E-state index in [1.165, 1.54) is 31.0 Å². The molecule has 122 valence electrons. The summed E-state index contributed by atoms with van der Waals surface area (Å²) in [5.41, 5.74) is 5.47. The third-order valence-corrected chi connectivity index (χ3v) is 12.3. The topological polar surface area (TPSA) is 9.23 Å². The van der Waals surface area contributed by atoms with Gasteiger partial charge in [-0.1, -0.05) is 0 Å². The molecule has 0 saturated carbocycles. The molecule has 0 saturated heterocycles. The van der Waals surface area contributed by atoms with Crippen molar-refractivity contribution in [3.8, 4) is 11.5 Å². The van der Waals surface area contributed by atoms with Crippen LogP contribution in [0.2, 0.25) is 11.5 Å². The average molecular weight is 369 g/mol. The van der Waals surface area contributed by atoms with Crippen molar-refractivity contribution >= 4 is 22.1 Å². The van der Waals surface area contributed by atoms with Crippen molar-refractivity contribution < 1.29 is 4.74 Å². The van der Waals surface area contributed by atoms with Crippen LogP contribution in [0.15, 0.2) is 24.3 Å². The summed E-state index contributed by atoms with van der Waals surface area (Å²) >= 11 is -2.36. The molecule has 23 heavy (non-hydrogen) atoms. The Hall–Kier alpha value is -1.22. The second kappa shape index (κ2) is 5.14. The maximum atomic E-state index is 6.44. The van der Waals surface area contributed by atoms with Crippen LogP contribution in [0.25, 0.3) is 0 Å². The van der Waals surface area contributed by atoms with Gasteiger partial charge in [0.25, 0.3) is 0 Å². The Balaban J connectivity index is 2.30. The van der Waals surface area contributed by atoms with Crippen molar-refractivity contribution in [3.63, 3.8) is 0 Å².